The topological polar surface area (TPSA) is 34.5 Å². The van der Waals surface area contributed by atoms with Crippen LogP contribution in [0.15, 0.2) is 15.5 Å². The van der Waals surface area contributed by atoms with Gasteiger partial charge in [0.05, 0.1) is 22.5 Å². The van der Waals surface area contributed by atoms with Crippen LogP contribution in [0, 0.1) is 12.8 Å². The Bertz CT molecular complexity index is 458. The van der Waals surface area contributed by atoms with E-state index in [4.69, 9.17) is 4.74 Å². The van der Waals surface area contributed by atoms with Crippen molar-refractivity contribution in [2.24, 2.45) is 10.9 Å². The summed E-state index contributed by atoms with van der Waals surface area (Å²) in [6.45, 7) is 9.32. The van der Waals surface area contributed by atoms with E-state index in [1.807, 2.05) is 19.2 Å². The van der Waals surface area contributed by atoms with Gasteiger partial charge >= 0.3 is 0 Å². The maximum absolute atomic E-state index is 5.76. The summed E-state index contributed by atoms with van der Waals surface area (Å²) in [6.07, 6.45) is 7.59. The minimum Gasteiger partial charge on any atom is -0.477 e. The van der Waals surface area contributed by atoms with Crippen LogP contribution in [0.1, 0.15) is 58.6 Å². The van der Waals surface area contributed by atoms with Gasteiger partial charge in [-0.1, -0.05) is 27.2 Å². The summed E-state index contributed by atoms with van der Waals surface area (Å²) in [5.74, 6) is 1.38. The Morgan fingerprint density at radius 1 is 1.38 bits per heavy atom. The van der Waals surface area contributed by atoms with Gasteiger partial charge in [-0.05, 0) is 60.5 Å². The standard InChI is InChI=1S/C17H27BrN2O/c1-5-6-7-10-19-16-12-15(18)17(20-14(16)4)21-11-8-9-13(2)3/h10,12-13H,5-9,11H2,1-4H3. The minimum atomic E-state index is 0.670. The fourth-order valence-electron chi connectivity index (χ4n) is 1.90. The molecule has 0 aliphatic carbocycles. The Morgan fingerprint density at radius 2 is 2.14 bits per heavy atom. The Kier molecular flexibility index (Phi) is 8.58. The van der Waals surface area contributed by atoms with Crippen molar-refractivity contribution in [2.75, 3.05) is 6.61 Å². The molecule has 0 saturated carbocycles. The molecule has 0 aliphatic rings. The van der Waals surface area contributed by atoms with Crippen molar-refractivity contribution in [3.63, 3.8) is 0 Å². The van der Waals surface area contributed by atoms with Gasteiger partial charge in [-0.3, -0.25) is 4.99 Å². The molecule has 1 heterocycles. The first-order valence-electron chi connectivity index (χ1n) is 7.87. The van der Waals surface area contributed by atoms with Gasteiger partial charge in [-0.15, -0.1) is 0 Å². The monoisotopic (exact) mass is 354 g/mol. The first kappa shape index (κ1) is 18.1. The first-order valence-corrected chi connectivity index (χ1v) is 8.66. The Labute approximate surface area is 137 Å². The number of unbranched alkanes of at least 4 members (excludes halogenated alkanes) is 2. The van der Waals surface area contributed by atoms with Crippen molar-refractivity contribution in [2.45, 2.75) is 59.8 Å². The Balaban J connectivity index is 2.60. The third-order valence-corrected chi connectivity index (χ3v) is 3.76. The van der Waals surface area contributed by atoms with E-state index in [0.29, 0.717) is 18.4 Å². The molecule has 0 N–H and O–H groups in total. The molecule has 1 aromatic rings. The number of hydrogen-bond acceptors (Lipinski definition) is 3. The lowest BCUT2D eigenvalue weighted by Crippen LogP contribution is -2.02. The largest absolute Gasteiger partial charge is 0.477 e. The molecule has 0 atom stereocenters. The quantitative estimate of drug-likeness (QED) is 0.411. The van der Waals surface area contributed by atoms with Crippen molar-refractivity contribution in [3.8, 4) is 5.88 Å². The van der Waals surface area contributed by atoms with Gasteiger partial charge in [0.1, 0.15) is 0 Å². The molecule has 0 aromatic carbocycles. The number of nitrogens with zero attached hydrogens (tertiary/aromatic N) is 2. The minimum absolute atomic E-state index is 0.670. The summed E-state index contributed by atoms with van der Waals surface area (Å²) in [5.41, 5.74) is 1.82. The number of hydrogen-bond donors (Lipinski definition) is 0. The Hall–Kier alpha value is -0.900. The summed E-state index contributed by atoms with van der Waals surface area (Å²) < 4.78 is 6.63. The fraction of sp³-hybridized carbons (Fsp3) is 0.647. The number of halogens is 1. The zero-order chi connectivity index (χ0) is 15.7. The number of aromatic nitrogens is 1. The van der Waals surface area contributed by atoms with Gasteiger partial charge in [0.25, 0.3) is 0 Å². The van der Waals surface area contributed by atoms with E-state index >= 15 is 0 Å². The summed E-state index contributed by atoms with van der Waals surface area (Å²) in [6, 6.07) is 1.99. The van der Waals surface area contributed by atoms with Crippen LogP contribution in [-0.2, 0) is 0 Å². The fourth-order valence-corrected chi connectivity index (χ4v) is 2.32. The first-order chi connectivity index (χ1) is 10.0. The number of aliphatic imine (C=N–C) groups is 1. The molecule has 0 aliphatic heterocycles. The number of ether oxygens (including phenoxy) is 1. The van der Waals surface area contributed by atoms with Gasteiger partial charge in [-0.25, -0.2) is 4.98 Å². The maximum atomic E-state index is 5.76. The maximum Gasteiger partial charge on any atom is 0.228 e. The van der Waals surface area contributed by atoms with Crippen LogP contribution >= 0.6 is 15.9 Å². The molecule has 0 amide bonds. The highest BCUT2D eigenvalue weighted by atomic mass is 79.9. The predicted octanol–water partition coefficient (Wildman–Crippen LogP) is 5.86. The molecule has 0 radical (unpaired) electrons. The second-order valence-corrected chi connectivity index (χ2v) is 6.57. The van der Waals surface area contributed by atoms with Gasteiger partial charge in [0.15, 0.2) is 0 Å². The van der Waals surface area contributed by atoms with Gasteiger partial charge in [0.2, 0.25) is 5.88 Å². The number of rotatable bonds is 9. The van der Waals surface area contributed by atoms with E-state index < -0.39 is 0 Å². The molecule has 0 saturated heterocycles. The van der Waals surface area contributed by atoms with Gasteiger partial charge in [0, 0.05) is 6.21 Å². The van der Waals surface area contributed by atoms with Crippen LogP contribution in [0.2, 0.25) is 0 Å². The van der Waals surface area contributed by atoms with Gasteiger partial charge in [-0.2, -0.15) is 0 Å². The zero-order valence-corrected chi connectivity index (χ0v) is 15.2. The predicted molar refractivity (Wildman–Crippen MR) is 93.9 cm³/mol. The zero-order valence-electron chi connectivity index (χ0n) is 13.7. The molecular weight excluding hydrogens is 328 g/mol. The van der Waals surface area contributed by atoms with Crippen LogP contribution < -0.4 is 4.74 Å². The third kappa shape index (κ3) is 7.07. The van der Waals surface area contributed by atoms with Gasteiger partial charge < -0.3 is 4.74 Å². The van der Waals surface area contributed by atoms with Crippen LogP contribution in [-0.4, -0.2) is 17.8 Å². The van der Waals surface area contributed by atoms with Crippen molar-refractivity contribution in [3.05, 3.63) is 16.2 Å². The molecule has 118 valence electrons. The molecule has 0 bridgehead atoms. The van der Waals surface area contributed by atoms with Crippen molar-refractivity contribution in [1.29, 1.82) is 0 Å². The highest BCUT2D eigenvalue weighted by molar-refractivity contribution is 9.10. The number of aryl methyl sites for hydroxylation is 1. The summed E-state index contributed by atoms with van der Waals surface area (Å²) in [4.78, 5) is 9.00. The normalized spacial score (nSPS) is 11.5. The molecule has 0 fully saturated rings. The van der Waals surface area contributed by atoms with E-state index in [0.717, 1.165) is 28.7 Å². The molecule has 0 spiro atoms. The van der Waals surface area contributed by atoms with E-state index in [1.165, 1.54) is 19.3 Å². The average molecular weight is 355 g/mol. The van der Waals surface area contributed by atoms with Crippen LogP contribution in [0.5, 0.6) is 5.88 Å². The highest BCUT2D eigenvalue weighted by Gasteiger charge is 2.08. The highest BCUT2D eigenvalue weighted by Crippen LogP contribution is 2.29. The van der Waals surface area contributed by atoms with Crippen molar-refractivity contribution < 1.29 is 4.74 Å². The van der Waals surface area contributed by atoms with E-state index in [-0.39, 0.29) is 0 Å². The lowest BCUT2D eigenvalue weighted by molar-refractivity contribution is 0.285. The molecule has 0 unspecified atom stereocenters. The molecule has 1 rings (SSSR count). The van der Waals surface area contributed by atoms with Crippen LogP contribution in [0.3, 0.4) is 0 Å². The lowest BCUT2D eigenvalue weighted by Gasteiger charge is -2.10. The van der Waals surface area contributed by atoms with Crippen LogP contribution in [0.4, 0.5) is 5.69 Å². The lowest BCUT2D eigenvalue weighted by atomic mass is 10.1. The molecular formula is C17H27BrN2O. The smallest absolute Gasteiger partial charge is 0.228 e. The SMILES string of the molecule is CCCCC=Nc1cc(Br)c(OCCCC(C)C)nc1C. The Morgan fingerprint density at radius 3 is 2.81 bits per heavy atom. The van der Waals surface area contributed by atoms with Crippen molar-refractivity contribution in [1.82, 2.24) is 4.98 Å². The second kappa shape index (κ2) is 9.93. The molecule has 21 heavy (non-hydrogen) atoms. The van der Waals surface area contributed by atoms with Crippen molar-refractivity contribution >= 4 is 27.8 Å². The number of pyridine rings is 1. The molecule has 4 heteroatoms. The molecule has 3 nitrogen and oxygen atoms in total. The average Bonchev–Trinajstić information content (AvgIpc) is 2.43. The second-order valence-electron chi connectivity index (χ2n) is 5.72. The van der Waals surface area contributed by atoms with Crippen LogP contribution in [0.25, 0.3) is 0 Å². The van der Waals surface area contributed by atoms with E-state index in [9.17, 15) is 0 Å². The third-order valence-electron chi connectivity index (χ3n) is 3.19. The summed E-state index contributed by atoms with van der Waals surface area (Å²) >= 11 is 3.52. The summed E-state index contributed by atoms with van der Waals surface area (Å²) in [7, 11) is 0. The van der Waals surface area contributed by atoms with E-state index in [2.05, 4.69) is 46.7 Å². The molecule has 1 aromatic heterocycles. The summed E-state index contributed by atoms with van der Waals surface area (Å²) in [5, 5.41) is 0. The van der Waals surface area contributed by atoms with E-state index in [1.54, 1.807) is 0 Å².